The van der Waals surface area contributed by atoms with Crippen LogP contribution in [0.3, 0.4) is 0 Å². The van der Waals surface area contributed by atoms with Crippen molar-refractivity contribution in [3.63, 3.8) is 0 Å². The maximum atomic E-state index is 14.5. The smallest absolute Gasteiger partial charge is 0.460 e. The molecular formula is C28H19F13N2O6. The minimum Gasteiger partial charge on any atom is -0.467 e. The zero-order valence-corrected chi connectivity index (χ0v) is 24.1. The van der Waals surface area contributed by atoms with Gasteiger partial charge in [-0.2, -0.15) is 57.1 Å². The number of methoxy groups -OCH3 is 1. The monoisotopic (exact) mass is 726 g/mol. The molecule has 2 atom stereocenters. The normalized spacial score (nSPS) is 18.9. The second-order valence-corrected chi connectivity index (χ2v) is 10.7. The summed E-state index contributed by atoms with van der Waals surface area (Å²) in [5.74, 6) is -34.8. The Hall–Kier alpha value is -4.43. The molecule has 0 spiro atoms. The topological polar surface area (TPSA) is 90.1 Å². The van der Waals surface area contributed by atoms with Crippen molar-refractivity contribution in [2.24, 2.45) is 0 Å². The summed E-state index contributed by atoms with van der Waals surface area (Å²) in [7, 11) is 0.857. The number of hydrogen-bond donors (Lipinski definition) is 1. The highest BCUT2D eigenvalue weighted by Crippen LogP contribution is 2.60. The van der Waals surface area contributed by atoms with Crippen molar-refractivity contribution in [1.29, 1.82) is 0 Å². The Bertz CT molecular complexity index is 1770. The van der Waals surface area contributed by atoms with Gasteiger partial charge in [0.15, 0.2) is 11.5 Å². The Morgan fingerprint density at radius 1 is 0.837 bits per heavy atom. The predicted molar refractivity (Wildman–Crippen MR) is 136 cm³/mol. The molecule has 1 amide bonds. The molecule has 21 heteroatoms. The molecule has 268 valence electrons. The van der Waals surface area contributed by atoms with Crippen LogP contribution in [0.4, 0.5) is 57.1 Å². The summed E-state index contributed by atoms with van der Waals surface area (Å²) in [6.07, 6.45) is -15.0. The van der Waals surface area contributed by atoms with Crippen LogP contribution in [0.1, 0.15) is 22.9 Å². The first-order valence-corrected chi connectivity index (χ1v) is 13.5. The number of nitrogens with one attached hydrogen (secondary N) is 1. The molecule has 0 unspecified atom stereocenters. The van der Waals surface area contributed by atoms with E-state index in [-0.39, 0.29) is 29.5 Å². The zero-order chi connectivity index (χ0) is 36.5. The number of halogens is 13. The Balaban J connectivity index is 1.54. The van der Waals surface area contributed by atoms with Crippen LogP contribution in [-0.4, -0.2) is 84.3 Å². The highest BCUT2D eigenvalue weighted by atomic mass is 19.4. The van der Waals surface area contributed by atoms with E-state index in [0.717, 1.165) is 7.11 Å². The number of carbonyl (C=O) groups is 2. The molecular weight excluding hydrogens is 707 g/mol. The number of alkyl halides is 13. The van der Waals surface area contributed by atoms with Gasteiger partial charge in [0.05, 0.1) is 13.2 Å². The van der Waals surface area contributed by atoms with Gasteiger partial charge in [0.1, 0.15) is 12.6 Å². The molecule has 49 heavy (non-hydrogen) atoms. The number of esters is 1. The molecule has 8 nitrogen and oxygen atoms in total. The van der Waals surface area contributed by atoms with Crippen LogP contribution in [-0.2, 0) is 25.5 Å². The zero-order valence-electron chi connectivity index (χ0n) is 24.1. The van der Waals surface area contributed by atoms with E-state index in [4.69, 9.17) is 14.2 Å². The number of hydrogen-bond acceptors (Lipinski definition) is 6. The van der Waals surface area contributed by atoms with Crippen molar-refractivity contribution in [3.8, 4) is 11.5 Å². The lowest BCUT2D eigenvalue weighted by molar-refractivity contribution is -0.465. The third kappa shape index (κ3) is 5.36. The molecule has 3 aromatic rings. The van der Waals surface area contributed by atoms with Crippen LogP contribution in [0.25, 0.3) is 10.9 Å². The fourth-order valence-corrected chi connectivity index (χ4v) is 5.42. The summed E-state index contributed by atoms with van der Waals surface area (Å²) in [5.41, 5.74) is 0.975. The first-order chi connectivity index (χ1) is 22.5. The molecule has 0 fully saturated rings. The minimum atomic E-state index is -8.15. The largest absolute Gasteiger partial charge is 0.467 e. The number of aromatic amines is 1. The van der Waals surface area contributed by atoms with E-state index in [1.165, 1.54) is 18.2 Å². The number of fused-ring (bicyclic) bond motifs is 4. The SMILES string of the molecule is COC(=O)[C@H]1Cc2c([nH]c3ccccc23)[C@@H](c2ccc3c(c2)OCO3)N1C(=O)COC(F)(F)C(F)(F)C(F)(F)C(F)(F)C(F)(F)C(F)(F)F. The minimum absolute atomic E-state index is 0.0525. The lowest BCUT2D eigenvalue weighted by atomic mass is 9.87. The van der Waals surface area contributed by atoms with Crippen molar-refractivity contribution in [2.75, 3.05) is 20.5 Å². The van der Waals surface area contributed by atoms with Crippen molar-refractivity contribution >= 4 is 22.8 Å². The molecule has 0 bridgehead atoms. The average Bonchev–Trinajstić information content (AvgIpc) is 3.65. The average molecular weight is 726 g/mol. The third-order valence-electron chi connectivity index (χ3n) is 7.89. The van der Waals surface area contributed by atoms with Crippen LogP contribution < -0.4 is 9.47 Å². The van der Waals surface area contributed by atoms with Crippen LogP contribution in [0.2, 0.25) is 0 Å². The number of amides is 1. The van der Waals surface area contributed by atoms with Gasteiger partial charge in [-0.3, -0.25) is 4.79 Å². The number of para-hydroxylation sites is 1. The fourth-order valence-electron chi connectivity index (χ4n) is 5.42. The number of nitrogens with zero attached hydrogens (tertiary/aromatic N) is 1. The summed E-state index contributed by atoms with van der Waals surface area (Å²) in [5, 5.41) is 0.505. The second kappa shape index (κ2) is 11.6. The van der Waals surface area contributed by atoms with Crippen LogP contribution in [0, 0.1) is 0 Å². The van der Waals surface area contributed by atoms with Gasteiger partial charge in [0, 0.05) is 23.0 Å². The van der Waals surface area contributed by atoms with Crippen molar-refractivity contribution in [1.82, 2.24) is 9.88 Å². The highest BCUT2D eigenvalue weighted by molar-refractivity contribution is 5.91. The first kappa shape index (κ1) is 35.9. The molecule has 2 aliphatic heterocycles. The summed E-state index contributed by atoms with van der Waals surface area (Å²) in [6.45, 7) is -2.67. The van der Waals surface area contributed by atoms with E-state index < -0.39 is 73.0 Å². The maximum Gasteiger partial charge on any atom is 0.460 e. The number of carbonyl (C=O) groups excluding carboxylic acids is 2. The standard InChI is InChI=1S/C28H19F13N2O6/c1-46-22(45)16-9-14-13-4-2-3-5-15(13)42-20(14)21(12-6-7-17-18(8-12)48-11-47-17)43(16)19(44)10-49-28(40,41)26(35,36)24(31,32)23(29,30)25(33,34)27(37,38)39/h2-8,16,21,42H,9-11H2,1H3/t16-,21-/m1/s1. The van der Waals surface area contributed by atoms with Crippen molar-refractivity contribution < 1.29 is 85.6 Å². The molecule has 0 saturated heterocycles. The van der Waals surface area contributed by atoms with Crippen LogP contribution in [0.15, 0.2) is 42.5 Å². The van der Waals surface area contributed by atoms with Gasteiger partial charge in [-0.05, 0) is 29.3 Å². The first-order valence-electron chi connectivity index (χ1n) is 13.5. The maximum absolute atomic E-state index is 14.5. The molecule has 0 aliphatic carbocycles. The summed E-state index contributed by atoms with van der Waals surface area (Å²) in [4.78, 5) is 29.9. The van der Waals surface area contributed by atoms with Gasteiger partial charge in [0.25, 0.3) is 0 Å². The lowest BCUT2D eigenvalue weighted by Crippen LogP contribution is -2.70. The van der Waals surface area contributed by atoms with E-state index in [1.54, 1.807) is 24.3 Å². The van der Waals surface area contributed by atoms with E-state index in [2.05, 4.69) is 9.72 Å². The Labute approximate surface area is 264 Å². The van der Waals surface area contributed by atoms with Gasteiger partial charge in [-0.25, -0.2) is 4.79 Å². The van der Waals surface area contributed by atoms with E-state index in [1.807, 2.05) is 0 Å². The summed E-state index contributed by atoms with van der Waals surface area (Å²) >= 11 is 0. The Morgan fingerprint density at radius 3 is 2.08 bits per heavy atom. The number of rotatable bonds is 9. The van der Waals surface area contributed by atoms with Crippen molar-refractivity contribution in [3.05, 3.63) is 59.3 Å². The van der Waals surface area contributed by atoms with Gasteiger partial charge in [0.2, 0.25) is 12.7 Å². The summed E-state index contributed by atoms with van der Waals surface area (Å²) in [6, 6.07) is 7.01. The van der Waals surface area contributed by atoms with Crippen molar-refractivity contribution in [2.45, 2.75) is 54.5 Å². The Morgan fingerprint density at radius 2 is 1.45 bits per heavy atom. The predicted octanol–water partition coefficient (Wildman–Crippen LogP) is 6.63. The third-order valence-corrected chi connectivity index (χ3v) is 7.89. The van der Waals surface area contributed by atoms with Gasteiger partial charge in [-0.1, -0.05) is 24.3 Å². The quantitative estimate of drug-likeness (QED) is 0.197. The van der Waals surface area contributed by atoms with Gasteiger partial charge >= 0.3 is 41.9 Å². The number of H-pyrrole nitrogens is 1. The highest BCUT2D eigenvalue weighted by Gasteiger charge is 2.91. The molecule has 0 saturated carbocycles. The molecule has 5 rings (SSSR count). The van der Waals surface area contributed by atoms with Gasteiger partial charge < -0.3 is 28.8 Å². The van der Waals surface area contributed by atoms with Crippen LogP contribution in [0.5, 0.6) is 11.5 Å². The number of ether oxygens (including phenoxy) is 4. The molecule has 0 radical (unpaired) electrons. The van der Waals surface area contributed by atoms with E-state index in [9.17, 15) is 66.7 Å². The number of aromatic nitrogens is 1. The van der Waals surface area contributed by atoms with Crippen LogP contribution >= 0.6 is 0 Å². The second-order valence-electron chi connectivity index (χ2n) is 10.7. The van der Waals surface area contributed by atoms with Gasteiger partial charge in [-0.15, -0.1) is 0 Å². The molecule has 2 aromatic carbocycles. The van der Waals surface area contributed by atoms with E-state index in [0.29, 0.717) is 21.4 Å². The molecule has 3 heterocycles. The lowest BCUT2D eigenvalue weighted by Gasteiger charge is -2.41. The molecule has 1 aromatic heterocycles. The fraction of sp³-hybridized carbons (Fsp3) is 0.429. The van der Waals surface area contributed by atoms with E-state index >= 15 is 0 Å². The Kier molecular flexibility index (Phi) is 8.48. The molecule has 2 aliphatic rings. The summed E-state index contributed by atoms with van der Waals surface area (Å²) < 4.78 is 195. The molecule has 1 N–H and O–H groups in total. The number of benzene rings is 2.